The molecule has 0 spiro atoms. The van der Waals surface area contributed by atoms with Crippen molar-refractivity contribution < 1.29 is 9.59 Å². The van der Waals surface area contributed by atoms with Crippen LogP contribution in [0.4, 0.5) is 0 Å². The Morgan fingerprint density at radius 1 is 0.926 bits per heavy atom. The molecule has 0 saturated carbocycles. The molecule has 2 aromatic rings. The van der Waals surface area contributed by atoms with E-state index in [1.54, 1.807) is 18.2 Å². The third kappa shape index (κ3) is 5.54. The number of hydrogen-bond donors (Lipinski definition) is 1. The third-order valence-electron chi connectivity index (χ3n) is 4.57. The minimum Gasteiger partial charge on any atom is -0.337 e. The number of hydrogen-bond acceptors (Lipinski definition) is 2. The van der Waals surface area contributed by atoms with E-state index in [2.05, 4.69) is 21.2 Å². The Labute approximate surface area is 168 Å². The largest absolute Gasteiger partial charge is 0.337 e. The second kappa shape index (κ2) is 9.51. The number of benzene rings is 2. The lowest BCUT2D eigenvalue weighted by Crippen LogP contribution is -2.39. The van der Waals surface area contributed by atoms with E-state index in [9.17, 15) is 9.59 Å². The monoisotopic (exact) mass is 426 g/mol. The smallest absolute Gasteiger partial charge is 0.270 e. The van der Waals surface area contributed by atoms with Crippen molar-refractivity contribution in [2.24, 2.45) is 0 Å². The van der Waals surface area contributed by atoms with Gasteiger partial charge >= 0.3 is 0 Å². The molecule has 140 valence electrons. The van der Waals surface area contributed by atoms with E-state index in [4.69, 9.17) is 0 Å². The van der Waals surface area contributed by atoms with Crippen LogP contribution in [0.2, 0.25) is 0 Å². The molecule has 3 rings (SSSR count). The maximum Gasteiger partial charge on any atom is 0.270 e. The van der Waals surface area contributed by atoms with Crippen molar-refractivity contribution in [2.75, 3.05) is 13.1 Å². The summed E-state index contributed by atoms with van der Waals surface area (Å²) in [6.07, 6.45) is 6.04. The fourth-order valence-corrected chi connectivity index (χ4v) is 3.56. The Bertz CT molecular complexity index is 825. The van der Waals surface area contributed by atoms with Gasteiger partial charge in [-0.2, -0.15) is 0 Å². The first-order chi connectivity index (χ1) is 13.1. The Morgan fingerprint density at radius 3 is 2.30 bits per heavy atom. The Morgan fingerprint density at radius 2 is 1.63 bits per heavy atom. The molecular formula is C22H23BrN2O2. The average molecular weight is 427 g/mol. The SMILES string of the molecule is O=C(NC(=Cc1cccc(Br)c1)C(=O)N1CCCCCC1)c1ccccc1. The molecule has 0 unspecified atom stereocenters. The van der Waals surface area contributed by atoms with Crippen LogP contribution in [0.25, 0.3) is 6.08 Å². The van der Waals surface area contributed by atoms with Gasteiger partial charge in [-0.3, -0.25) is 9.59 Å². The molecule has 4 nitrogen and oxygen atoms in total. The second-order valence-electron chi connectivity index (χ2n) is 6.64. The highest BCUT2D eigenvalue weighted by Crippen LogP contribution is 2.17. The van der Waals surface area contributed by atoms with E-state index in [1.807, 2.05) is 47.4 Å². The predicted molar refractivity (Wildman–Crippen MR) is 111 cm³/mol. The number of carbonyl (C=O) groups is 2. The Balaban J connectivity index is 1.88. The molecule has 1 saturated heterocycles. The number of amides is 2. The molecule has 1 N–H and O–H groups in total. The van der Waals surface area contributed by atoms with Crippen LogP contribution in [0.5, 0.6) is 0 Å². The van der Waals surface area contributed by atoms with Gasteiger partial charge < -0.3 is 10.2 Å². The first-order valence-corrected chi connectivity index (χ1v) is 10.1. The standard InChI is InChI=1S/C22H23BrN2O2/c23-19-12-8-9-17(15-19)16-20(22(27)25-13-6-1-2-7-14-25)24-21(26)18-10-4-3-5-11-18/h3-5,8-12,15-16H,1-2,6-7,13-14H2,(H,24,26). The van der Waals surface area contributed by atoms with Crippen molar-refractivity contribution in [2.45, 2.75) is 25.7 Å². The number of carbonyl (C=O) groups excluding carboxylic acids is 2. The van der Waals surface area contributed by atoms with Crippen LogP contribution in [-0.2, 0) is 4.79 Å². The molecule has 5 heteroatoms. The number of halogens is 1. The van der Waals surface area contributed by atoms with Crippen LogP contribution >= 0.6 is 15.9 Å². The summed E-state index contributed by atoms with van der Waals surface area (Å²) < 4.78 is 0.923. The van der Waals surface area contributed by atoms with Crippen molar-refractivity contribution in [3.63, 3.8) is 0 Å². The summed E-state index contributed by atoms with van der Waals surface area (Å²) in [5.74, 6) is -0.402. The van der Waals surface area contributed by atoms with Gasteiger partial charge in [0.15, 0.2) is 0 Å². The van der Waals surface area contributed by atoms with Crippen molar-refractivity contribution in [3.05, 3.63) is 75.9 Å². The molecule has 0 atom stereocenters. The molecular weight excluding hydrogens is 404 g/mol. The van der Waals surface area contributed by atoms with Gasteiger partial charge in [0.05, 0.1) is 0 Å². The predicted octanol–water partition coefficient (Wildman–Crippen LogP) is 4.62. The van der Waals surface area contributed by atoms with E-state index in [-0.39, 0.29) is 11.8 Å². The van der Waals surface area contributed by atoms with Crippen LogP contribution in [-0.4, -0.2) is 29.8 Å². The quantitative estimate of drug-likeness (QED) is 0.724. The lowest BCUT2D eigenvalue weighted by Gasteiger charge is -2.22. The number of likely N-dealkylation sites (tertiary alicyclic amines) is 1. The molecule has 2 amide bonds. The van der Waals surface area contributed by atoms with Gasteiger partial charge in [0.2, 0.25) is 0 Å². The molecule has 0 bridgehead atoms. The summed E-state index contributed by atoms with van der Waals surface area (Å²) in [6, 6.07) is 16.6. The molecule has 1 fully saturated rings. The molecule has 2 aromatic carbocycles. The Hall–Kier alpha value is -2.40. The van der Waals surface area contributed by atoms with Crippen LogP contribution in [0, 0.1) is 0 Å². The highest BCUT2D eigenvalue weighted by atomic mass is 79.9. The zero-order valence-corrected chi connectivity index (χ0v) is 16.7. The summed E-state index contributed by atoms with van der Waals surface area (Å²) in [5.41, 5.74) is 1.70. The molecule has 0 aromatic heterocycles. The van der Waals surface area contributed by atoms with Crippen LogP contribution in [0.3, 0.4) is 0 Å². The first-order valence-electron chi connectivity index (χ1n) is 9.26. The van der Waals surface area contributed by atoms with E-state index >= 15 is 0 Å². The Kier molecular flexibility index (Phi) is 6.82. The molecule has 27 heavy (non-hydrogen) atoms. The van der Waals surface area contributed by atoms with E-state index in [0.717, 1.165) is 48.8 Å². The van der Waals surface area contributed by atoms with E-state index in [1.165, 1.54) is 0 Å². The summed E-state index contributed by atoms with van der Waals surface area (Å²) in [7, 11) is 0. The van der Waals surface area contributed by atoms with Crippen molar-refractivity contribution >= 4 is 33.8 Å². The van der Waals surface area contributed by atoms with Crippen LogP contribution in [0.15, 0.2) is 64.8 Å². The van der Waals surface area contributed by atoms with Gasteiger partial charge in [-0.15, -0.1) is 0 Å². The van der Waals surface area contributed by atoms with Crippen LogP contribution in [0.1, 0.15) is 41.6 Å². The zero-order valence-electron chi connectivity index (χ0n) is 15.2. The topological polar surface area (TPSA) is 49.4 Å². The summed E-state index contributed by atoms with van der Waals surface area (Å²) in [4.78, 5) is 27.6. The lowest BCUT2D eigenvalue weighted by atomic mass is 10.1. The normalized spacial score (nSPS) is 15.1. The maximum absolute atomic E-state index is 13.1. The minimum atomic E-state index is -0.278. The number of nitrogens with one attached hydrogen (secondary N) is 1. The minimum absolute atomic E-state index is 0.124. The van der Waals surface area contributed by atoms with Gasteiger partial charge in [-0.1, -0.05) is 59.1 Å². The fourth-order valence-electron chi connectivity index (χ4n) is 3.14. The summed E-state index contributed by atoms with van der Waals surface area (Å²) in [5, 5.41) is 2.83. The fraction of sp³-hybridized carbons (Fsp3) is 0.273. The van der Waals surface area contributed by atoms with E-state index in [0.29, 0.717) is 11.3 Å². The van der Waals surface area contributed by atoms with Crippen molar-refractivity contribution in [3.8, 4) is 0 Å². The van der Waals surface area contributed by atoms with Gasteiger partial charge in [0.25, 0.3) is 11.8 Å². The van der Waals surface area contributed by atoms with Gasteiger partial charge in [-0.05, 0) is 48.7 Å². The lowest BCUT2D eigenvalue weighted by molar-refractivity contribution is -0.127. The average Bonchev–Trinajstić information content (AvgIpc) is 2.97. The zero-order chi connectivity index (χ0) is 19.1. The second-order valence-corrected chi connectivity index (χ2v) is 7.56. The highest BCUT2D eigenvalue weighted by molar-refractivity contribution is 9.10. The number of rotatable bonds is 4. The highest BCUT2D eigenvalue weighted by Gasteiger charge is 2.21. The van der Waals surface area contributed by atoms with Crippen molar-refractivity contribution in [1.82, 2.24) is 10.2 Å². The molecule has 1 heterocycles. The number of nitrogens with zero attached hydrogens (tertiary/aromatic N) is 1. The molecule has 1 aliphatic rings. The maximum atomic E-state index is 13.1. The van der Waals surface area contributed by atoms with Gasteiger partial charge in [0, 0.05) is 23.1 Å². The summed E-state index contributed by atoms with van der Waals surface area (Å²) >= 11 is 3.45. The molecule has 0 radical (unpaired) electrons. The summed E-state index contributed by atoms with van der Waals surface area (Å²) in [6.45, 7) is 1.46. The van der Waals surface area contributed by atoms with Gasteiger partial charge in [0.1, 0.15) is 5.70 Å². The third-order valence-corrected chi connectivity index (χ3v) is 5.06. The molecule has 1 aliphatic heterocycles. The molecule has 0 aliphatic carbocycles. The van der Waals surface area contributed by atoms with Crippen LogP contribution < -0.4 is 5.32 Å². The van der Waals surface area contributed by atoms with Crippen molar-refractivity contribution in [1.29, 1.82) is 0 Å². The first kappa shape index (κ1) is 19.4. The van der Waals surface area contributed by atoms with E-state index < -0.39 is 0 Å². The van der Waals surface area contributed by atoms with Gasteiger partial charge in [-0.25, -0.2) is 0 Å².